The van der Waals surface area contributed by atoms with Crippen molar-refractivity contribution in [2.45, 2.75) is 52.5 Å². The van der Waals surface area contributed by atoms with Crippen LogP contribution < -0.4 is 0 Å². The highest BCUT2D eigenvalue weighted by Gasteiger charge is 2.43. The third-order valence-corrected chi connectivity index (χ3v) is 6.37. The number of amides is 1. The molecule has 4 rings (SSSR count). The number of hydrogen-bond acceptors (Lipinski definition) is 5. The zero-order chi connectivity index (χ0) is 19.7. The van der Waals surface area contributed by atoms with Crippen molar-refractivity contribution < 1.29 is 9.42 Å². The van der Waals surface area contributed by atoms with Gasteiger partial charge in [0.05, 0.1) is 0 Å². The van der Waals surface area contributed by atoms with Gasteiger partial charge in [0.25, 0.3) is 5.91 Å². The van der Waals surface area contributed by atoms with Gasteiger partial charge in [-0.25, -0.2) is 4.63 Å². The van der Waals surface area contributed by atoms with Crippen molar-refractivity contribution in [1.82, 2.24) is 20.1 Å². The number of benzene rings is 1. The lowest BCUT2D eigenvalue weighted by molar-refractivity contribution is 0.0666. The lowest BCUT2D eigenvalue weighted by Gasteiger charge is -2.40. The molecule has 6 nitrogen and oxygen atoms in total. The van der Waals surface area contributed by atoms with Gasteiger partial charge in [-0.3, -0.25) is 9.69 Å². The van der Waals surface area contributed by atoms with E-state index in [0.29, 0.717) is 17.3 Å². The summed E-state index contributed by atoms with van der Waals surface area (Å²) in [4.78, 5) is 17.3. The van der Waals surface area contributed by atoms with Crippen LogP contribution in [0, 0.1) is 12.3 Å². The number of rotatable bonds is 4. The van der Waals surface area contributed by atoms with Crippen LogP contribution in [0.5, 0.6) is 0 Å². The highest BCUT2D eigenvalue weighted by atomic mass is 16.6. The molecule has 2 aromatic rings. The Morgan fingerprint density at radius 2 is 1.93 bits per heavy atom. The van der Waals surface area contributed by atoms with Gasteiger partial charge < -0.3 is 4.90 Å². The van der Waals surface area contributed by atoms with Crippen LogP contribution in [0.15, 0.2) is 28.9 Å². The lowest BCUT2D eigenvalue weighted by atomic mass is 9.79. The number of nitrogens with zero attached hydrogens (tertiary/aromatic N) is 4. The van der Waals surface area contributed by atoms with Gasteiger partial charge in [-0.2, -0.15) is 0 Å². The van der Waals surface area contributed by atoms with E-state index in [2.05, 4.69) is 53.3 Å². The van der Waals surface area contributed by atoms with E-state index in [0.717, 1.165) is 39.1 Å². The van der Waals surface area contributed by atoms with Crippen molar-refractivity contribution in [2.75, 3.05) is 26.2 Å². The van der Waals surface area contributed by atoms with E-state index in [1.807, 2.05) is 4.90 Å². The molecule has 1 aromatic carbocycles. The van der Waals surface area contributed by atoms with Gasteiger partial charge in [-0.05, 0) is 54.9 Å². The van der Waals surface area contributed by atoms with E-state index in [-0.39, 0.29) is 11.3 Å². The van der Waals surface area contributed by atoms with Crippen LogP contribution in [0.1, 0.15) is 66.3 Å². The molecule has 2 saturated heterocycles. The van der Waals surface area contributed by atoms with Crippen molar-refractivity contribution in [3.05, 3.63) is 46.8 Å². The van der Waals surface area contributed by atoms with Crippen LogP contribution in [-0.4, -0.2) is 52.2 Å². The summed E-state index contributed by atoms with van der Waals surface area (Å²) < 4.78 is 4.71. The van der Waals surface area contributed by atoms with Gasteiger partial charge in [0.15, 0.2) is 5.69 Å². The molecule has 0 bridgehead atoms. The van der Waals surface area contributed by atoms with Gasteiger partial charge in [-0.1, -0.05) is 43.3 Å². The van der Waals surface area contributed by atoms with Crippen molar-refractivity contribution >= 4 is 5.91 Å². The molecule has 3 heterocycles. The van der Waals surface area contributed by atoms with Crippen LogP contribution in [-0.2, 0) is 6.54 Å². The topological polar surface area (TPSA) is 62.5 Å². The Hall–Kier alpha value is -2.21. The fourth-order valence-corrected chi connectivity index (χ4v) is 4.73. The first-order valence-corrected chi connectivity index (χ1v) is 10.4. The maximum atomic E-state index is 12.8. The molecule has 1 atom stereocenters. The molecule has 2 fully saturated rings. The molecule has 6 heteroatoms. The summed E-state index contributed by atoms with van der Waals surface area (Å²) in [6.07, 6.45) is 3.44. The van der Waals surface area contributed by atoms with Gasteiger partial charge in [-0.15, -0.1) is 0 Å². The van der Waals surface area contributed by atoms with E-state index >= 15 is 0 Å². The predicted molar refractivity (Wildman–Crippen MR) is 107 cm³/mol. The number of hydrogen-bond donors (Lipinski definition) is 0. The SMILES string of the molecule is Cc1nonc1C(=O)N1CC[C@@]2(CCCN(Cc3ccc(C(C)C)cc3)C2)C1. The fourth-order valence-electron chi connectivity index (χ4n) is 4.73. The molecule has 0 N–H and O–H groups in total. The molecule has 0 aliphatic carbocycles. The van der Waals surface area contributed by atoms with Crippen molar-refractivity contribution in [3.8, 4) is 0 Å². The zero-order valence-electron chi connectivity index (χ0n) is 17.1. The normalized spacial score (nSPS) is 23.1. The van der Waals surface area contributed by atoms with E-state index < -0.39 is 0 Å². The molecule has 2 aliphatic rings. The molecular weight excluding hydrogens is 352 g/mol. The Labute approximate surface area is 166 Å². The summed E-state index contributed by atoms with van der Waals surface area (Å²) in [6, 6.07) is 9.04. The summed E-state index contributed by atoms with van der Waals surface area (Å²) in [5.41, 5.74) is 3.89. The Morgan fingerprint density at radius 3 is 2.61 bits per heavy atom. The minimum absolute atomic E-state index is 0.0444. The molecule has 0 saturated carbocycles. The van der Waals surface area contributed by atoms with Crippen molar-refractivity contribution in [2.24, 2.45) is 5.41 Å². The Morgan fingerprint density at radius 1 is 1.14 bits per heavy atom. The smallest absolute Gasteiger partial charge is 0.278 e. The fraction of sp³-hybridized carbons (Fsp3) is 0.591. The van der Waals surface area contributed by atoms with Gasteiger partial charge >= 0.3 is 0 Å². The molecule has 0 radical (unpaired) electrons. The maximum Gasteiger partial charge on any atom is 0.278 e. The Bertz CT molecular complexity index is 829. The second-order valence-electron chi connectivity index (χ2n) is 8.89. The lowest BCUT2D eigenvalue weighted by Crippen LogP contribution is -2.45. The number of aromatic nitrogens is 2. The largest absolute Gasteiger partial charge is 0.337 e. The molecule has 0 unspecified atom stereocenters. The number of piperidine rings is 1. The number of aryl methyl sites for hydroxylation is 1. The summed E-state index contributed by atoms with van der Waals surface area (Å²) >= 11 is 0. The van der Waals surface area contributed by atoms with E-state index in [9.17, 15) is 4.79 Å². The van der Waals surface area contributed by atoms with Crippen LogP contribution in [0.4, 0.5) is 0 Å². The highest BCUT2D eigenvalue weighted by molar-refractivity contribution is 5.93. The summed E-state index contributed by atoms with van der Waals surface area (Å²) in [5.74, 6) is 0.523. The van der Waals surface area contributed by atoms with Crippen molar-refractivity contribution in [3.63, 3.8) is 0 Å². The first-order chi connectivity index (χ1) is 13.5. The van der Waals surface area contributed by atoms with Crippen LogP contribution in [0.2, 0.25) is 0 Å². The number of carbonyl (C=O) groups is 1. The molecule has 1 amide bonds. The minimum atomic E-state index is -0.0444. The highest BCUT2D eigenvalue weighted by Crippen LogP contribution is 2.39. The van der Waals surface area contributed by atoms with Crippen molar-refractivity contribution in [1.29, 1.82) is 0 Å². The third kappa shape index (κ3) is 3.83. The summed E-state index contributed by atoms with van der Waals surface area (Å²) in [7, 11) is 0. The van der Waals surface area contributed by atoms with E-state index in [1.54, 1.807) is 6.92 Å². The zero-order valence-corrected chi connectivity index (χ0v) is 17.1. The molecule has 1 aromatic heterocycles. The molecule has 150 valence electrons. The second-order valence-corrected chi connectivity index (χ2v) is 8.89. The third-order valence-electron chi connectivity index (χ3n) is 6.37. The van der Waals surface area contributed by atoms with Crippen LogP contribution in [0.3, 0.4) is 0 Å². The molecule has 1 spiro atoms. The first-order valence-electron chi connectivity index (χ1n) is 10.4. The quantitative estimate of drug-likeness (QED) is 0.808. The average molecular weight is 383 g/mol. The molecule has 2 aliphatic heterocycles. The predicted octanol–water partition coefficient (Wildman–Crippen LogP) is 3.63. The van der Waals surface area contributed by atoms with Crippen LogP contribution >= 0.6 is 0 Å². The van der Waals surface area contributed by atoms with Gasteiger partial charge in [0.1, 0.15) is 5.69 Å². The molecular formula is C22H30N4O2. The minimum Gasteiger partial charge on any atom is -0.337 e. The van der Waals surface area contributed by atoms with Gasteiger partial charge in [0, 0.05) is 31.6 Å². The average Bonchev–Trinajstić information content (AvgIpc) is 3.28. The number of carbonyl (C=O) groups excluding carboxylic acids is 1. The monoisotopic (exact) mass is 382 g/mol. The standard InChI is InChI=1S/C22H30N4O2/c1-16(2)19-7-5-18(6-8-19)13-25-11-4-9-22(14-25)10-12-26(15-22)21(27)20-17(3)23-28-24-20/h5-8,16H,4,9-15H2,1-3H3/t22-/m1/s1. The Kier molecular flexibility index (Phi) is 5.23. The van der Waals surface area contributed by atoms with E-state index in [1.165, 1.54) is 24.0 Å². The van der Waals surface area contributed by atoms with E-state index in [4.69, 9.17) is 4.63 Å². The molecule has 28 heavy (non-hydrogen) atoms. The number of likely N-dealkylation sites (tertiary alicyclic amines) is 2. The second kappa shape index (κ2) is 7.66. The van der Waals surface area contributed by atoms with Crippen LogP contribution in [0.25, 0.3) is 0 Å². The summed E-state index contributed by atoms with van der Waals surface area (Å²) in [6.45, 7) is 11.0. The Balaban J connectivity index is 1.39. The maximum absolute atomic E-state index is 12.8. The van der Waals surface area contributed by atoms with Gasteiger partial charge in [0.2, 0.25) is 0 Å². The first kappa shape index (κ1) is 19.1. The summed E-state index contributed by atoms with van der Waals surface area (Å²) in [5, 5.41) is 7.54.